The van der Waals surface area contributed by atoms with Crippen LogP contribution in [0.25, 0.3) is 0 Å². The Balaban J connectivity index is 2.83. The van der Waals surface area contributed by atoms with E-state index in [-0.39, 0.29) is 0 Å². The van der Waals surface area contributed by atoms with Gasteiger partial charge >= 0.3 is 0 Å². The lowest BCUT2D eigenvalue weighted by atomic mass is 10.1. The third-order valence-electron chi connectivity index (χ3n) is 0.905. The number of hydrogen-bond donors (Lipinski definition) is 0. The zero-order valence-electron chi connectivity index (χ0n) is 5.00. The van der Waals surface area contributed by atoms with Crippen LogP contribution in [0.4, 0.5) is 0 Å². The highest BCUT2D eigenvalue weighted by Gasteiger charge is 1.94. The number of rotatable bonds is 3. The minimum atomic E-state index is 1.23. The Morgan fingerprint density at radius 3 is 2.29 bits per heavy atom. The molecule has 0 spiro atoms. The summed E-state index contributed by atoms with van der Waals surface area (Å²) < 4.78 is 1.23. The van der Waals surface area contributed by atoms with Gasteiger partial charge in [-0.3, -0.25) is 0 Å². The molecule has 0 saturated carbocycles. The Morgan fingerprint density at radius 1 is 1.57 bits per heavy atom. The summed E-state index contributed by atoms with van der Waals surface area (Å²) in [5, 5.41) is 0. The third-order valence-corrected chi connectivity index (χ3v) is 2.21. The van der Waals surface area contributed by atoms with Gasteiger partial charge in [0.25, 0.3) is 0 Å². The van der Waals surface area contributed by atoms with E-state index in [9.17, 15) is 0 Å². The normalized spacial score (nSPS) is 10.3. The molecule has 0 amide bonds. The maximum atomic E-state index is 2.40. The fraction of sp³-hybridized carbons (Fsp3) is 0.833. The van der Waals surface area contributed by atoms with Crippen LogP contribution >= 0.6 is 22.6 Å². The van der Waals surface area contributed by atoms with Crippen molar-refractivity contribution in [2.45, 2.75) is 26.7 Å². The monoisotopic (exact) mass is 211 g/mol. The van der Waals surface area contributed by atoms with E-state index in [1.54, 1.807) is 5.92 Å². The van der Waals surface area contributed by atoms with Gasteiger partial charge in [-0.15, -0.1) is 0 Å². The van der Waals surface area contributed by atoms with E-state index in [1.165, 1.54) is 17.3 Å². The summed E-state index contributed by atoms with van der Waals surface area (Å²) in [5.74, 6) is 1.61. The summed E-state index contributed by atoms with van der Waals surface area (Å²) in [6.45, 7) is 4.44. The predicted molar refractivity (Wildman–Crippen MR) is 42.7 cm³/mol. The highest BCUT2D eigenvalue weighted by molar-refractivity contribution is 14.1. The molecule has 1 heteroatoms. The zero-order valence-corrected chi connectivity index (χ0v) is 7.16. The zero-order chi connectivity index (χ0) is 5.70. The molecule has 0 saturated heterocycles. The van der Waals surface area contributed by atoms with Crippen molar-refractivity contribution in [2.24, 2.45) is 0 Å². The van der Waals surface area contributed by atoms with Crippen LogP contribution in [-0.2, 0) is 0 Å². The standard InChI is InChI=1S/C6H12I/c1-3-4-6(2)5-7/h3-5H2,1-2H3. The van der Waals surface area contributed by atoms with Crippen molar-refractivity contribution < 1.29 is 0 Å². The predicted octanol–water partition coefficient (Wildman–Crippen LogP) is 2.82. The first kappa shape index (κ1) is 7.73. The molecule has 0 atom stereocenters. The molecular formula is C6H12I. The van der Waals surface area contributed by atoms with E-state index in [2.05, 4.69) is 36.4 Å². The van der Waals surface area contributed by atoms with Gasteiger partial charge in [0.2, 0.25) is 0 Å². The summed E-state index contributed by atoms with van der Waals surface area (Å²) in [5.41, 5.74) is 0. The third kappa shape index (κ3) is 4.59. The first-order chi connectivity index (χ1) is 3.31. The molecule has 0 fully saturated rings. The van der Waals surface area contributed by atoms with Gasteiger partial charge in [-0.25, -0.2) is 0 Å². The minimum Gasteiger partial charge on any atom is -0.0858 e. The summed E-state index contributed by atoms with van der Waals surface area (Å²) in [6, 6.07) is 0. The number of hydrogen-bond acceptors (Lipinski definition) is 0. The van der Waals surface area contributed by atoms with E-state index < -0.39 is 0 Å². The van der Waals surface area contributed by atoms with Gasteiger partial charge in [0.1, 0.15) is 0 Å². The maximum Gasteiger partial charge on any atom is 0.00548 e. The Labute approximate surface area is 59.8 Å². The van der Waals surface area contributed by atoms with E-state index in [0.29, 0.717) is 0 Å². The lowest BCUT2D eigenvalue weighted by Gasteiger charge is -2.00. The Bertz CT molecular complexity index is 35.2. The van der Waals surface area contributed by atoms with Crippen LogP contribution in [0.5, 0.6) is 0 Å². The fourth-order valence-electron chi connectivity index (χ4n) is 0.494. The van der Waals surface area contributed by atoms with Crippen LogP contribution in [0.3, 0.4) is 0 Å². The largest absolute Gasteiger partial charge is 0.0858 e. The average Bonchev–Trinajstić information content (AvgIpc) is 1.68. The molecule has 0 N–H and O–H groups in total. The first-order valence-electron chi connectivity index (χ1n) is 2.68. The lowest BCUT2D eigenvalue weighted by Crippen LogP contribution is -1.89. The van der Waals surface area contributed by atoms with Crippen molar-refractivity contribution in [3.05, 3.63) is 5.92 Å². The lowest BCUT2D eigenvalue weighted by molar-refractivity contribution is 0.818. The van der Waals surface area contributed by atoms with E-state index in [1.807, 2.05) is 0 Å². The summed E-state index contributed by atoms with van der Waals surface area (Å²) in [4.78, 5) is 0. The van der Waals surface area contributed by atoms with Gasteiger partial charge in [-0.1, -0.05) is 42.9 Å². The van der Waals surface area contributed by atoms with Gasteiger partial charge in [0.15, 0.2) is 0 Å². The second kappa shape index (κ2) is 4.88. The maximum absolute atomic E-state index is 2.40. The van der Waals surface area contributed by atoms with Gasteiger partial charge in [0.05, 0.1) is 0 Å². The molecule has 7 heavy (non-hydrogen) atoms. The van der Waals surface area contributed by atoms with Crippen molar-refractivity contribution in [1.82, 2.24) is 0 Å². The molecule has 0 unspecified atom stereocenters. The Hall–Kier alpha value is 0.730. The molecular weight excluding hydrogens is 199 g/mol. The van der Waals surface area contributed by atoms with Gasteiger partial charge in [-0.2, -0.15) is 0 Å². The Kier molecular flexibility index (Phi) is 5.39. The van der Waals surface area contributed by atoms with E-state index in [4.69, 9.17) is 0 Å². The van der Waals surface area contributed by atoms with Crippen LogP contribution in [-0.4, -0.2) is 4.43 Å². The fourth-order valence-corrected chi connectivity index (χ4v) is 0.875. The van der Waals surface area contributed by atoms with Gasteiger partial charge in [-0.05, 0) is 12.3 Å². The first-order valence-corrected chi connectivity index (χ1v) is 4.21. The molecule has 0 nitrogen and oxygen atoms in total. The van der Waals surface area contributed by atoms with Crippen LogP contribution in [0.2, 0.25) is 0 Å². The molecule has 0 aromatic rings. The van der Waals surface area contributed by atoms with Crippen molar-refractivity contribution in [3.8, 4) is 0 Å². The van der Waals surface area contributed by atoms with E-state index >= 15 is 0 Å². The van der Waals surface area contributed by atoms with Crippen LogP contribution in [0.15, 0.2) is 0 Å². The van der Waals surface area contributed by atoms with Crippen molar-refractivity contribution in [2.75, 3.05) is 4.43 Å². The van der Waals surface area contributed by atoms with Crippen LogP contribution in [0, 0.1) is 5.92 Å². The smallest absolute Gasteiger partial charge is 0.00548 e. The number of halogens is 1. The molecule has 0 aromatic heterocycles. The SMILES string of the molecule is CCC[C](C)CI. The van der Waals surface area contributed by atoms with Gasteiger partial charge in [0, 0.05) is 4.43 Å². The molecule has 0 rings (SSSR count). The minimum absolute atomic E-state index is 1.23. The van der Waals surface area contributed by atoms with Crippen LogP contribution < -0.4 is 0 Å². The molecule has 0 aliphatic carbocycles. The Morgan fingerprint density at radius 2 is 2.14 bits per heavy atom. The molecule has 0 heterocycles. The second-order valence-electron chi connectivity index (χ2n) is 1.84. The summed E-state index contributed by atoms with van der Waals surface area (Å²) in [7, 11) is 0. The number of alkyl halides is 1. The molecule has 0 aliphatic rings. The van der Waals surface area contributed by atoms with Crippen molar-refractivity contribution in [1.29, 1.82) is 0 Å². The molecule has 1 radical (unpaired) electrons. The molecule has 43 valence electrons. The van der Waals surface area contributed by atoms with Crippen LogP contribution in [0.1, 0.15) is 26.7 Å². The molecule has 0 aliphatic heterocycles. The van der Waals surface area contributed by atoms with Crippen molar-refractivity contribution in [3.63, 3.8) is 0 Å². The highest BCUT2D eigenvalue weighted by Crippen LogP contribution is 2.09. The topological polar surface area (TPSA) is 0 Å². The summed E-state index contributed by atoms with van der Waals surface area (Å²) in [6.07, 6.45) is 2.61. The molecule has 0 bridgehead atoms. The van der Waals surface area contributed by atoms with E-state index in [0.717, 1.165) is 0 Å². The quantitative estimate of drug-likeness (QED) is 0.497. The van der Waals surface area contributed by atoms with Crippen molar-refractivity contribution >= 4 is 22.6 Å². The average molecular weight is 211 g/mol. The van der Waals surface area contributed by atoms with Gasteiger partial charge < -0.3 is 0 Å². The summed E-state index contributed by atoms with van der Waals surface area (Å²) >= 11 is 2.40. The molecule has 0 aromatic carbocycles. The highest BCUT2D eigenvalue weighted by atomic mass is 127. The second-order valence-corrected chi connectivity index (χ2v) is 2.60.